The van der Waals surface area contributed by atoms with E-state index in [2.05, 4.69) is 10.7 Å². The van der Waals surface area contributed by atoms with E-state index in [0.29, 0.717) is 12.7 Å². The van der Waals surface area contributed by atoms with E-state index in [1.807, 2.05) is 13.8 Å². The number of nitrogens with two attached hydrogens (primary N) is 1. The van der Waals surface area contributed by atoms with Gasteiger partial charge in [-0.15, -0.1) is 0 Å². The summed E-state index contributed by atoms with van der Waals surface area (Å²) in [7, 11) is -3.37. The van der Waals surface area contributed by atoms with Crippen molar-refractivity contribution in [2.75, 3.05) is 11.5 Å². The average molecular weight is 265 g/mol. The van der Waals surface area contributed by atoms with Crippen molar-refractivity contribution in [2.24, 2.45) is 17.7 Å². The molecule has 1 unspecified atom stereocenters. The Morgan fingerprint density at radius 1 is 1.41 bits per heavy atom. The van der Waals surface area contributed by atoms with Gasteiger partial charge in [0, 0.05) is 6.42 Å². The van der Waals surface area contributed by atoms with Crippen LogP contribution in [0.2, 0.25) is 0 Å². The second kappa shape index (κ2) is 7.39. The summed E-state index contributed by atoms with van der Waals surface area (Å²) in [6, 6.07) is 0. The van der Waals surface area contributed by atoms with Gasteiger partial charge in [-0.3, -0.25) is 4.79 Å². The van der Waals surface area contributed by atoms with Gasteiger partial charge in [-0.25, -0.2) is 8.42 Å². The minimum absolute atomic E-state index is 0.00211. The Kier molecular flexibility index (Phi) is 6.98. The average Bonchev–Trinajstić information content (AvgIpc) is 2.25. The van der Waals surface area contributed by atoms with Crippen molar-refractivity contribution in [3.05, 3.63) is 0 Å². The summed E-state index contributed by atoms with van der Waals surface area (Å²) in [6.45, 7) is 3.82. The number of carbonyl (C=O) groups is 2. The Balaban J connectivity index is 4.52. The molecule has 6 nitrogen and oxygen atoms in total. The number of sulfone groups is 1. The number of aldehydes is 1. The molecule has 1 atom stereocenters. The molecule has 0 saturated heterocycles. The molecule has 7 heteroatoms. The quantitative estimate of drug-likeness (QED) is 0.492. The molecule has 2 N–H and O–H groups in total. The van der Waals surface area contributed by atoms with Crippen LogP contribution < -0.4 is 5.90 Å². The molecule has 0 amide bonds. The lowest BCUT2D eigenvalue weighted by atomic mass is 10.1. The van der Waals surface area contributed by atoms with Crippen molar-refractivity contribution < 1.29 is 22.8 Å². The summed E-state index contributed by atoms with van der Waals surface area (Å²) < 4.78 is 23.4. The molecule has 0 aliphatic rings. The molecule has 0 fully saturated rings. The van der Waals surface area contributed by atoms with Gasteiger partial charge < -0.3 is 9.63 Å². The van der Waals surface area contributed by atoms with Crippen molar-refractivity contribution in [1.82, 2.24) is 0 Å². The third kappa shape index (κ3) is 7.06. The van der Waals surface area contributed by atoms with Gasteiger partial charge >= 0.3 is 5.97 Å². The van der Waals surface area contributed by atoms with Crippen LogP contribution in [-0.4, -0.2) is 32.2 Å². The van der Waals surface area contributed by atoms with Crippen LogP contribution in [-0.2, 0) is 24.3 Å². The molecule has 0 aliphatic carbocycles. The van der Waals surface area contributed by atoms with E-state index >= 15 is 0 Å². The summed E-state index contributed by atoms with van der Waals surface area (Å²) in [5.74, 6) is 2.67. The van der Waals surface area contributed by atoms with E-state index in [4.69, 9.17) is 0 Å². The van der Waals surface area contributed by atoms with Gasteiger partial charge in [-0.1, -0.05) is 13.8 Å². The van der Waals surface area contributed by atoms with Gasteiger partial charge in [0.25, 0.3) is 0 Å². The first kappa shape index (κ1) is 16.1. The first-order valence-electron chi connectivity index (χ1n) is 5.37. The Labute approximate surface area is 101 Å². The molecule has 0 aliphatic heterocycles. The predicted octanol–water partition coefficient (Wildman–Crippen LogP) is 0.0694. The highest BCUT2D eigenvalue weighted by Gasteiger charge is 2.26. The lowest BCUT2D eigenvalue weighted by Gasteiger charge is -2.12. The molecule has 0 saturated carbocycles. The van der Waals surface area contributed by atoms with Crippen molar-refractivity contribution in [1.29, 1.82) is 0 Å². The van der Waals surface area contributed by atoms with Crippen LogP contribution in [0.3, 0.4) is 0 Å². The molecule has 0 spiro atoms. The Hall–Kier alpha value is -0.950. The summed E-state index contributed by atoms with van der Waals surface area (Å²) in [5.41, 5.74) is 0. The van der Waals surface area contributed by atoms with Crippen LogP contribution in [0.5, 0.6) is 0 Å². The number of rotatable bonds is 8. The molecule has 0 aromatic carbocycles. The Morgan fingerprint density at radius 2 is 2.00 bits per heavy atom. The molecule has 17 heavy (non-hydrogen) atoms. The molecule has 0 bridgehead atoms. The third-order valence-corrected chi connectivity index (χ3v) is 4.06. The zero-order valence-electron chi connectivity index (χ0n) is 10.1. The normalized spacial score (nSPS) is 13.4. The van der Waals surface area contributed by atoms with Crippen molar-refractivity contribution in [3.8, 4) is 0 Å². The van der Waals surface area contributed by atoms with Crippen LogP contribution in [0, 0.1) is 11.8 Å². The van der Waals surface area contributed by atoms with E-state index in [9.17, 15) is 18.0 Å². The monoisotopic (exact) mass is 265 g/mol. The maximum absolute atomic E-state index is 11.7. The van der Waals surface area contributed by atoms with Crippen molar-refractivity contribution in [2.45, 2.75) is 26.7 Å². The van der Waals surface area contributed by atoms with Crippen molar-refractivity contribution >= 4 is 22.1 Å². The summed E-state index contributed by atoms with van der Waals surface area (Å²) in [4.78, 5) is 25.5. The van der Waals surface area contributed by atoms with E-state index in [-0.39, 0.29) is 18.1 Å². The standard InChI is InChI=1S/C10H19NO5S/c1-8(2)4-6-17(14,15)7-9(3-5-12)10(13)16-11/h5,8-9H,3-4,6-7,11H2,1-2H3. The van der Waals surface area contributed by atoms with E-state index in [0.717, 1.165) is 0 Å². The number of hydrogen-bond donors (Lipinski definition) is 1. The lowest BCUT2D eigenvalue weighted by Crippen LogP contribution is -2.29. The molecule has 0 aromatic heterocycles. The fraction of sp³-hybridized carbons (Fsp3) is 0.800. The summed E-state index contributed by atoms with van der Waals surface area (Å²) in [5, 5.41) is 0. The second-order valence-electron chi connectivity index (χ2n) is 4.33. The van der Waals surface area contributed by atoms with Gasteiger partial charge in [0.05, 0.1) is 17.4 Å². The number of carbonyl (C=O) groups excluding carboxylic acids is 2. The van der Waals surface area contributed by atoms with Gasteiger partial charge in [0.2, 0.25) is 0 Å². The third-order valence-electron chi connectivity index (χ3n) is 2.29. The second-order valence-corrected chi connectivity index (χ2v) is 6.56. The Bertz CT molecular complexity index is 350. The first-order chi connectivity index (χ1) is 7.82. The van der Waals surface area contributed by atoms with Crippen LogP contribution in [0.4, 0.5) is 0 Å². The molecule has 0 radical (unpaired) electrons. The minimum atomic E-state index is -3.37. The largest absolute Gasteiger partial charge is 0.373 e. The van der Waals surface area contributed by atoms with Crippen LogP contribution in [0.25, 0.3) is 0 Å². The smallest absolute Gasteiger partial charge is 0.328 e. The molecule has 100 valence electrons. The molecule has 0 rings (SSSR count). The van der Waals surface area contributed by atoms with E-state index in [1.54, 1.807) is 0 Å². The van der Waals surface area contributed by atoms with Gasteiger partial charge in [-0.05, 0) is 12.3 Å². The molecule has 0 aromatic rings. The number of hydrogen-bond acceptors (Lipinski definition) is 6. The maximum atomic E-state index is 11.7. The molecule has 0 heterocycles. The highest BCUT2D eigenvalue weighted by molar-refractivity contribution is 7.91. The minimum Gasteiger partial charge on any atom is -0.373 e. The predicted molar refractivity (Wildman–Crippen MR) is 62.6 cm³/mol. The zero-order chi connectivity index (χ0) is 13.5. The molecular weight excluding hydrogens is 246 g/mol. The first-order valence-corrected chi connectivity index (χ1v) is 7.19. The highest BCUT2D eigenvalue weighted by atomic mass is 32.2. The van der Waals surface area contributed by atoms with Crippen LogP contribution in [0.1, 0.15) is 26.7 Å². The van der Waals surface area contributed by atoms with Gasteiger partial charge in [0.15, 0.2) is 9.84 Å². The molecular formula is C10H19NO5S. The summed E-state index contributed by atoms with van der Waals surface area (Å²) >= 11 is 0. The van der Waals surface area contributed by atoms with E-state index in [1.165, 1.54) is 0 Å². The zero-order valence-corrected chi connectivity index (χ0v) is 10.9. The fourth-order valence-corrected chi connectivity index (χ4v) is 3.13. The maximum Gasteiger partial charge on any atom is 0.328 e. The SMILES string of the molecule is CC(C)CCS(=O)(=O)CC(CC=O)C(=O)ON. The van der Waals surface area contributed by atoms with E-state index < -0.39 is 27.5 Å². The van der Waals surface area contributed by atoms with Crippen LogP contribution in [0.15, 0.2) is 0 Å². The van der Waals surface area contributed by atoms with Crippen LogP contribution >= 0.6 is 0 Å². The highest BCUT2D eigenvalue weighted by Crippen LogP contribution is 2.11. The lowest BCUT2D eigenvalue weighted by molar-refractivity contribution is -0.149. The van der Waals surface area contributed by atoms with Crippen molar-refractivity contribution in [3.63, 3.8) is 0 Å². The fourth-order valence-electron chi connectivity index (χ4n) is 1.25. The Morgan fingerprint density at radius 3 is 2.41 bits per heavy atom. The van der Waals surface area contributed by atoms with Gasteiger partial charge in [-0.2, -0.15) is 5.90 Å². The summed E-state index contributed by atoms with van der Waals surface area (Å²) in [6.07, 6.45) is 0.810. The topological polar surface area (TPSA) is 104 Å². The van der Waals surface area contributed by atoms with Gasteiger partial charge in [0.1, 0.15) is 6.29 Å².